The number of ether oxygens (including phenoxy) is 1. The van der Waals surface area contributed by atoms with Gasteiger partial charge in [-0.1, -0.05) is 36.4 Å². The van der Waals surface area contributed by atoms with Gasteiger partial charge in [-0.2, -0.15) is 0 Å². The molecule has 1 aromatic rings. The molecule has 2 saturated heterocycles. The van der Waals surface area contributed by atoms with E-state index in [1.54, 1.807) is 0 Å². The summed E-state index contributed by atoms with van der Waals surface area (Å²) < 4.78 is 7.37. The Morgan fingerprint density at radius 2 is 1.61 bits per heavy atom. The molecule has 3 unspecified atom stereocenters. The third-order valence-corrected chi connectivity index (χ3v) is 8.34. The maximum atomic E-state index is 13.0. The predicted molar refractivity (Wildman–Crippen MR) is 123 cm³/mol. The van der Waals surface area contributed by atoms with E-state index in [1.165, 1.54) is 34.9 Å². The summed E-state index contributed by atoms with van der Waals surface area (Å²) in [5, 5.41) is 0. The number of allylic oxidation sites excluding steroid dienone is 2. The monoisotopic (exact) mass is 537 g/mol. The Morgan fingerprint density at radius 1 is 1.00 bits per heavy atom. The third kappa shape index (κ3) is 4.75. The minimum absolute atomic E-state index is 0. The smallest absolute Gasteiger partial charge is 0.306 e. The minimum Gasteiger partial charge on any atom is -1.00 e. The van der Waals surface area contributed by atoms with Crippen LogP contribution in [0.1, 0.15) is 84.6 Å². The van der Waals surface area contributed by atoms with Crippen LogP contribution in [0.2, 0.25) is 0 Å². The number of hydrogen-bond donors (Lipinski definition) is 0. The van der Waals surface area contributed by atoms with Gasteiger partial charge in [0.2, 0.25) is 0 Å². The maximum absolute atomic E-state index is 13.0. The Kier molecular flexibility index (Phi) is 8.28. The Hall–Kier alpha value is -0.880. The van der Waals surface area contributed by atoms with Crippen molar-refractivity contribution in [2.75, 3.05) is 0 Å². The Labute approximate surface area is 206 Å². The molecule has 2 heterocycles. The van der Waals surface area contributed by atoms with Gasteiger partial charge in [0.25, 0.3) is 0 Å². The summed E-state index contributed by atoms with van der Waals surface area (Å²) in [6, 6.07) is 13.2. The molecule has 0 N–H and O–H groups in total. The van der Waals surface area contributed by atoms with Crippen molar-refractivity contribution in [2.45, 2.75) is 109 Å². The standard InChI is InChI=1S/C27H40NO2.HI/c1-19(2)28(20(3)4)23-14-15-24(28)18-25(17-23)30-27(29)16-22-12-8-9-13-26(22)21-10-6-5-7-11-21;/h5-7,10-11,13,19-20,22-25H,8-9,12,14-18H2,1-4H3;1H/q+1;/p-1. The molecule has 0 radical (unpaired) electrons. The molecule has 4 heteroatoms. The number of halogens is 1. The number of quaternary nitrogens is 1. The van der Waals surface area contributed by atoms with Crippen LogP contribution >= 0.6 is 0 Å². The highest BCUT2D eigenvalue weighted by Gasteiger charge is 2.57. The first-order chi connectivity index (χ1) is 14.4. The summed E-state index contributed by atoms with van der Waals surface area (Å²) in [6.45, 7) is 9.55. The Balaban J connectivity index is 0.00000272. The first kappa shape index (κ1) is 24.8. The SMILES string of the molecule is CC(C)[N+]1(C(C)C)C2CCC1CC(OC(=O)CC1CCCC=C1c1ccccc1)C2.[I-]. The molecule has 0 spiro atoms. The molecular weight excluding hydrogens is 497 g/mol. The zero-order chi connectivity index (χ0) is 21.3. The fourth-order valence-electron chi connectivity index (χ4n) is 7.39. The lowest BCUT2D eigenvalue weighted by Crippen LogP contribution is -3.00. The topological polar surface area (TPSA) is 26.3 Å². The summed E-state index contributed by atoms with van der Waals surface area (Å²) >= 11 is 0. The molecule has 1 aliphatic carbocycles. The van der Waals surface area contributed by atoms with Crippen LogP contribution in [-0.4, -0.2) is 40.7 Å². The number of esters is 1. The fourth-order valence-corrected chi connectivity index (χ4v) is 7.39. The normalized spacial score (nSPS) is 29.4. The second-order valence-corrected chi connectivity index (χ2v) is 10.4. The quantitative estimate of drug-likeness (QED) is 0.317. The fraction of sp³-hybridized carbons (Fsp3) is 0.667. The van der Waals surface area contributed by atoms with Crippen LogP contribution in [0.25, 0.3) is 5.57 Å². The van der Waals surface area contributed by atoms with E-state index in [0.29, 0.717) is 36.5 Å². The van der Waals surface area contributed by atoms with Crippen molar-refractivity contribution in [3.63, 3.8) is 0 Å². The van der Waals surface area contributed by atoms with Crippen LogP contribution in [0.15, 0.2) is 36.4 Å². The number of nitrogens with zero attached hydrogens (tertiary/aromatic N) is 1. The zero-order valence-electron chi connectivity index (χ0n) is 19.7. The third-order valence-electron chi connectivity index (χ3n) is 8.34. The largest absolute Gasteiger partial charge is 1.00 e. The van der Waals surface area contributed by atoms with Crippen LogP contribution in [0.4, 0.5) is 0 Å². The lowest BCUT2D eigenvalue weighted by atomic mass is 9.82. The summed E-state index contributed by atoms with van der Waals surface area (Å²) in [5.41, 5.74) is 2.61. The van der Waals surface area contributed by atoms with Gasteiger partial charge in [-0.25, -0.2) is 0 Å². The number of fused-ring (bicyclic) bond motifs is 2. The molecule has 172 valence electrons. The van der Waals surface area contributed by atoms with E-state index in [2.05, 4.69) is 64.1 Å². The van der Waals surface area contributed by atoms with E-state index in [4.69, 9.17) is 4.74 Å². The Morgan fingerprint density at radius 3 is 2.19 bits per heavy atom. The van der Waals surface area contributed by atoms with Crippen molar-refractivity contribution in [3.05, 3.63) is 42.0 Å². The van der Waals surface area contributed by atoms with Crippen molar-refractivity contribution >= 4 is 11.5 Å². The van der Waals surface area contributed by atoms with Gasteiger partial charge in [0.1, 0.15) is 6.10 Å². The average Bonchev–Trinajstić information content (AvgIpc) is 2.95. The molecule has 4 rings (SSSR count). The van der Waals surface area contributed by atoms with Crippen molar-refractivity contribution in [2.24, 2.45) is 5.92 Å². The second-order valence-electron chi connectivity index (χ2n) is 10.4. The van der Waals surface area contributed by atoms with E-state index in [9.17, 15) is 4.79 Å². The molecule has 31 heavy (non-hydrogen) atoms. The van der Waals surface area contributed by atoms with Gasteiger partial charge in [0.15, 0.2) is 0 Å². The van der Waals surface area contributed by atoms with E-state index in [-0.39, 0.29) is 36.0 Å². The number of benzene rings is 1. The minimum atomic E-state index is 0. The molecule has 3 aliphatic rings. The average molecular weight is 538 g/mol. The molecule has 3 nitrogen and oxygen atoms in total. The van der Waals surface area contributed by atoms with Gasteiger partial charge >= 0.3 is 5.97 Å². The van der Waals surface area contributed by atoms with E-state index >= 15 is 0 Å². The molecule has 1 aromatic carbocycles. The number of rotatable bonds is 6. The zero-order valence-corrected chi connectivity index (χ0v) is 21.9. The van der Waals surface area contributed by atoms with Gasteiger partial charge in [0, 0.05) is 25.7 Å². The molecule has 0 amide bonds. The van der Waals surface area contributed by atoms with Crippen LogP contribution in [0, 0.1) is 5.92 Å². The summed E-state index contributed by atoms with van der Waals surface area (Å²) in [4.78, 5) is 13.0. The van der Waals surface area contributed by atoms with Crippen molar-refractivity contribution in [1.29, 1.82) is 0 Å². The van der Waals surface area contributed by atoms with Gasteiger partial charge in [-0.15, -0.1) is 0 Å². The highest BCUT2D eigenvalue weighted by Crippen LogP contribution is 2.47. The lowest BCUT2D eigenvalue weighted by molar-refractivity contribution is -1.00. The Bertz CT molecular complexity index is 749. The maximum Gasteiger partial charge on any atom is 0.306 e. The molecule has 3 atom stereocenters. The lowest BCUT2D eigenvalue weighted by Gasteiger charge is -2.55. The first-order valence-corrected chi connectivity index (χ1v) is 12.3. The molecule has 2 aliphatic heterocycles. The predicted octanol–water partition coefficient (Wildman–Crippen LogP) is 3.13. The summed E-state index contributed by atoms with van der Waals surface area (Å²) in [6.07, 6.45) is 11.0. The van der Waals surface area contributed by atoms with E-state index in [0.717, 1.165) is 25.7 Å². The van der Waals surface area contributed by atoms with Gasteiger partial charge in [0.05, 0.1) is 30.6 Å². The summed E-state index contributed by atoms with van der Waals surface area (Å²) in [5.74, 6) is 0.317. The van der Waals surface area contributed by atoms with Crippen molar-refractivity contribution in [3.8, 4) is 0 Å². The summed E-state index contributed by atoms with van der Waals surface area (Å²) in [7, 11) is 0. The molecule has 0 aromatic heterocycles. The number of carbonyl (C=O) groups is 1. The second kappa shape index (κ2) is 10.4. The molecule has 2 bridgehead atoms. The van der Waals surface area contributed by atoms with E-state index < -0.39 is 0 Å². The van der Waals surface area contributed by atoms with E-state index in [1.807, 2.05) is 0 Å². The van der Waals surface area contributed by atoms with Crippen molar-refractivity contribution < 1.29 is 38.0 Å². The highest BCUT2D eigenvalue weighted by atomic mass is 127. The van der Waals surface area contributed by atoms with Gasteiger partial charge in [-0.05, 0) is 64.0 Å². The van der Waals surface area contributed by atoms with Crippen LogP contribution in [0.5, 0.6) is 0 Å². The van der Waals surface area contributed by atoms with Crippen LogP contribution < -0.4 is 24.0 Å². The number of piperidine rings is 1. The highest BCUT2D eigenvalue weighted by molar-refractivity contribution is 5.76. The molecule has 2 fully saturated rings. The first-order valence-electron chi connectivity index (χ1n) is 12.3. The number of hydrogen-bond acceptors (Lipinski definition) is 2. The molecular formula is C27H40INO2. The number of carbonyl (C=O) groups excluding carboxylic acids is 1. The van der Waals surface area contributed by atoms with Gasteiger partial charge in [-0.3, -0.25) is 4.79 Å². The van der Waals surface area contributed by atoms with Gasteiger partial charge < -0.3 is 33.2 Å². The van der Waals surface area contributed by atoms with Crippen molar-refractivity contribution in [1.82, 2.24) is 0 Å². The van der Waals surface area contributed by atoms with Crippen LogP contribution in [-0.2, 0) is 9.53 Å². The van der Waals surface area contributed by atoms with Crippen LogP contribution in [0.3, 0.4) is 0 Å². The molecule has 0 saturated carbocycles.